The number of aromatic nitrogens is 4. The molecule has 1 aliphatic heterocycles. The lowest BCUT2D eigenvalue weighted by molar-refractivity contribution is -0.126. The highest BCUT2D eigenvalue weighted by molar-refractivity contribution is 5.55. The first-order chi connectivity index (χ1) is 9.67. The maximum Gasteiger partial charge on any atom is 0.209 e. The Morgan fingerprint density at radius 2 is 2.25 bits per heavy atom. The maximum absolute atomic E-state index is 13.7. The molecule has 1 saturated heterocycles. The molecule has 7 nitrogen and oxygen atoms in total. The molecule has 0 unspecified atom stereocenters. The molecule has 0 radical (unpaired) electrons. The van der Waals surface area contributed by atoms with Crippen LogP contribution in [0.25, 0.3) is 11.4 Å². The molecule has 2 aromatic rings. The number of nitrogens with zero attached hydrogens (tertiary/aromatic N) is 5. The quantitative estimate of drug-likeness (QED) is 0.748. The van der Waals surface area contributed by atoms with Gasteiger partial charge in [0.1, 0.15) is 11.8 Å². The van der Waals surface area contributed by atoms with Crippen LogP contribution in [0.15, 0.2) is 18.5 Å². The van der Waals surface area contributed by atoms with Gasteiger partial charge in [-0.05, 0) is 0 Å². The largest absolute Gasteiger partial charge is 0.484 e. The van der Waals surface area contributed by atoms with E-state index in [1.165, 1.54) is 6.07 Å². The molecule has 0 saturated carbocycles. The van der Waals surface area contributed by atoms with Crippen molar-refractivity contribution in [3.63, 3.8) is 0 Å². The molecule has 1 aliphatic rings. The molecule has 3 rings (SSSR count). The molecular formula is C12H12FN5O2. The van der Waals surface area contributed by atoms with Crippen molar-refractivity contribution in [1.29, 1.82) is 0 Å². The van der Waals surface area contributed by atoms with Gasteiger partial charge in [0.25, 0.3) is 0 Å². The first-order valence-corrected chi connectivity index (χ1v) is 6.04. The van der Waals surface area contributed by atoms with Crippen molar-refractivity contribution in [3.05, 3.63) is 24.3 Å². The number of hydrogen-bond donors (Lipinski definition) is 0. The number of carbonyl (C=O) groups excluding carboxylic acids is 1. The van der Waals surface area contributed by atoms with Crippen LogP contribution in [-0.4, -0.2) is 50.5 Å². The fourth-order valence-corrected chi connectivity index (χ4v) is 1.98. The van der Waals surface area contributed by atoms with Gasteiger partial charge in [-0.3, -0.25) is 9.78 Å². The summed E-state index contributed by atoms with van der Waals surface area (Å²) in [5, 5.41) is 7.55. The van der Waals surface area contributed by atoms with Gasteiger partial charge in [0.2, 0.25) is 6.41 Å². The summed E-state index contributed by atoms with van der Waals surface area (Å²) in [5.41, 5.74) is 1.19. The Bertz CT molecular complexity index is 639. The van der Waals surface area contributed by atoms with Crippen molar-refractivity contribution in [3.8, 4) is 17.1 Å². The summed E-state index contributed by atoms with van der Waals surface area (Å²) < 4.78 is 20.8. The minimum atomic E-state index is -0.534. The molecule has 0 atom stereocenters. The van der Waals surface area contributed by atoms with Crippen LogP contribution in [0.2, 0.25) is 0 Å². The molecule has 0 N–H and O–H groups in total. The van der Waals surface area contributed by atoms with Crippen molar-refractivity contribution in [2.24, 2.45) is 7.05 Å². The van der Waals surface area contributed by atoms with Gasteiger partial charge in [-0.25, -0.2) is 9.07 Å². The van der Waals surface area contributed by atoms with Crippen LogP contribution in [0.4, 0.5) is 4.39 Å². The highest BCUT2D eigenvalue weighted by Gasteiger charge is 2.28. The Kier molecular flexibility index (Phi) is 3.05. The van der Waals surface area contributed by atoms with Crippen LogP contribution in [-0.2, 0) is 11.8 Å². The van der Waals surface area contributed by atoms with Gasteiger partial charge >= 0.3 is 0 Å². The van der Waals surface area contributed by atoms with Gasteiger partial charge in [-0.1, -0.05) is 5.21 Å². The highest BCUT2D eigenvalue weighted by atomic mass is 19.1. The number of amides is 1. The van der Waals surface area contributed by atoms with Crippen LogP contribution in [0.1, 0.15) is 0 Å². The van der Waals surface area contributed by atoms with Crippen molar-refractivity contribution in [2.45, 2.75) is 6.10 Å². The van der Waals surface area contributed by atoms with Crippen LogP contribution in [0.3, 0.4) is 0 Å². The Balaban J connectivity index is 1.81. The van der Waals surface area contributed by atoms with E-state index in [0.29, 0.717) is 24.5 Å². The molecule has 3 heterocycles. The molecule has 0 aliphatic carbocycles. The van der Waals surface area contributed by atoms with Gasteiger partial charge in [0, 0.05) is 13.1 Å². The predicted octanol–water partition coefficient (Wildman–Crippen LogP) is 0.236. The third-order valence-corrected chi connectivity index (χ3v) is 3.12. The number of pyridine rings is 1. The van der Waals surface area contributed by atoms with Crippen LogP contribution in [0.5, 0.6) is 5.75 Å². The van der Waals surface area contributed by atoms with Crippen molar-refractivity contribution in [2.75, 3.05) is 13.1 Å². The second kappa shape index (κ2) is 4.87. The Morgan fingerprint density at radius 1 is 1.45 bits per heavy atom. The number of likely N-dealkylation sites (tertiary alicyclic amines) is 1. The minimum Gasteiger partial charge on any atom is -0.484 e. The maximum atomic E-state index is 13.7. The van der Waals surface area contributed by atoms with Crippen LogP contribution >= 0.6 is 0 Å². The van der Waals surface area contributed by atoms with E-state index < -0.39 is 5.82 Å². The van der Waals surface area contributed by atoms with E-state index in [1.807, 2.05) is 0 Å². The summed E-state index contributed by atoms with van der Waals surface area (Å²) in [6, 6.07) is 1.51. The summed E-state index contributed by atoms with van der Waals surface area (Å²) >= 11 is 0. The number of hydrogen-bond acceptors (Lipinski definition) is 5. The Hall–Kier alpha value is -2.51. The zero-order chi connectivity index (χ0) is 14.1. The van der Waals surface area contributed by atoms with Crippen LogP contribution in [0, 0.1) is 5.82 Å². The van der Waals surface area contributed by atoms with Crippen molar-refractivity contribution < 1.29 is 13.9 Å². The summed E-state index contributed by atoms with van der Waals surface area (Å²) in [6.07, 6.45) is 3.21. The zero-order valence-corrected chi connectivity index (χ0v) is 10.7. The summed E-state index contributed by atoms with van der Waals surface area (Å²) in [7, 11) is 1.72. The summed E-state index contributed by atoms with van der Waals surface area (Å²) in [4.78, 5) is 16.0. The Morgan fingerprint density at radius 3 is 2.90 bits per heavy atom. The lowest BCUT2D eigenvalue weighted by Gasteiger charge is -2.36. The molecule has 20 heavy (non-hydrogen) atoms. The van der Waals surface area contributed by atoms with E-state index in [1.54, 1.807) is 22.8 Å². The first kappa shape index (κ1) is 12.5. The zero-order valence-electron chi connectivity index (χ0n) is 10.7. The lowest BCUT2D eigenvalue weighted by Crippen LogP contribution is -2.52. The van der Waals surface area contributed by atoms with Gasteiger partial charge in [0.05, 0.1) is 31.2 Å². The number of halogens is 1. The van der Waals surface area contributed by atoms with E-state index in [2.05, 4.69) is 15.3 Å². The monoisotopic (exact) mass is 277 g/mol. The third-order valence-electron chi connectivity index (χ3n) is 3.12. The van der Waals surface area contributed by atoms with E-state index in [0.717, 1.165) is 12.6 Å². The van der Waals surface area contributed by atoms with Crippen molar-refractivity contribution >= 4 is 6.41 Å². The van der Waals surface area contributed by atoms with Gasteiger partial charge < -0.3 is 9.64 Å². The normalized spacial score (nSPS) is 15.0. The average molecular weight is 277 g/mol. The number of aryl methyl sites for hydroxylation is 1. The van der Waals surface area contributed by atoms with E-state index >= 15 is 0 Å². The SMILES string of the molecule is Cn1nncc1-c1cc(OC2CN(C=O)C2)c(F)cn1. The minimum absolute atomic E-state index is 0.117. The number of ether oxygens (including phenoxy) is 1. The van der Waals surface area contributed by atoms with Crippen LogP contribution < -0.4 is 4.74 Å². The van der Waals surface area contributed by atoms with Gasteiger partial charge in [-0.2, -0.15) is 0 Å². The standard InChI is InChI=1S/C12H12FN5O2/c1-17-11(4-15-16-17)10-2-12(9(13)3-14-10)20-8-5-18(6-8)7-19/h2-4,7-8H,5-6H2,1H3. The molecule has 0 bridgehead atoms. The van der Waals surface area contributed by atoms with E-state index in [-0.39, 0.29) is 11.9 Å². The van der Waals surface area contributed by atoms with Crippen molar-refractivity contribution in [1.82, 2.24) is 24.9 Å². The molecule has 104 valence electrons. The average Bonchev–Trinajstić information content (AvgIpc) is 2.81. The van der Waals surface area contributed by atoms with E-state index in [9.17, 15) is 9.18 Å². The number of rotatable bonds is 4. The second-order valence-corrected chi connectivity index (χ2v) is 4.54. The molecule has 2 aromatic heterocycles. The summed E-state index contributed by atoms with van der Waals surface area (Å²) in [5.74, 6) is -0.417. The molecule has 0 aromatic carbocycles. The topological polar surface area (TPSA) is 73.1 Å². The smallest absolute Gasteiger partial charge is 0.209 e. The fraction of sp³-hybridized carbons (Fsp3) is 0.333. The highest BCUT2D eigenvalue weighted by Crippen LogP contribution is 2.25. The predicted molar refractivity (Wildman–Crippen MR) is 66.2 cm³/mol. The third kappa shape index (κ3) is 2.20. The molecule has 8 heteroatoms. The van der Waals surface area contributed by atoms with E-state index in [4.69, 9.17) is 4.74 Å². The molecule has 1 fully saturated rings. The lowest BCUT2D eigenvalue weighted by atomic mass is 10.2. The number of carbonyl (C=O) groups is 1. The molecule has 1 amide bonds. The molecule has 0 spiro atoms. The van der Waals surface area contributed by atoms with Gasteiger partial charge in [0.15, 0.2) is 11.6 Å². The van der Waals surface area contributed by atoms with Gasteiger partial charge in [-0.15, -0.1) is 5.10 Å². The summed E-state index contributed by atoms with van der Waals surface area (Å²) in [6.45, 7) is 0.932. The Labute approximate surface area is 114 Å². The first-order valence-electron chi connectivity index (χ1n) is 6.04. The second-order valence-electron chi connectivity index (χ2n) is 4.54. The fourth-order valence-electron chi connectivity index (χ4n) is 1.98. The molecular weight excluding hydrogens is 265 g/mol.